The first kappa shape index (κ1) is 24.8. The van der Waals surface area contributed by atoms with Crippen LogP contribution in [-0.4, -0.2) is 30.4 Å². The minimum atomic E-state index is -4.47. The number of carbonyl (C=O) groups is 3. The highest BCUT2D eigenvalue weighted by atomic mass is 19.4. The van der Waals surface area contributed by atoms with Crippen molar-refractivity contribution < 1.29 is 27.6 Å². The highest BCUT2D eigenvalue weighted by Gasteiger charge is 2.32. The van der Waals surface area contributed by atoms with Crippen molar-refractivity contribution in [2.24, 2.45) is 5.73 Å². The number of benzene rings is 3. The first-order valence-electron chi connectivity index (χ1n) is 11.2. The SMILES string of the molecule is NC(=O)c1cccc(-c2ccc(N3CCCC(NC(=O)Nc4ccc(C(F)(F)F)cc4)C3=O)cc2)c1. The van der Waals surface area contributed by atoms with Gasteiger partial charge in [0, 0.05) is 23.5 Å². The molecule has 10 heteroatoms. The molecule has 3 aromatic rings. The van der Waals surface area contributed by atoms with Crippen LogP contribution in [0.5, 0.6) is 0 Å². The number of urea groups is 1. The molecular weight excluding hydrogens is 473 g/mol. The highest BCUT2D eigenvalue weighted by molar-refractivity contribution is 6.01. The summed E-state index contributed by atoms with van der Waals surface area (Å²) in [5.41, 5.74) is 7.41. The molecule has 1 unspecified atom stereocenters. The van der Waals surface area contributed by atoms with Crippen molar-refractivity contribution in [2.75, 3.05) is 16.8 Å². The minimum absolute atomic E-state index is 0.177. The van der Waals surface area contributed by atoms with E-state index in [1.807, 2.05) is 18.2 Å². The van der Waals surface area contributed by atoms with Crippen molar-refractivity contribution in [3.05, 3.63) is 83.9 Å². The summed E-state index contributed by atoms with van der Waals surface area (Å²) in [5, 5.41) is 5.07. The summed E-state index contributed by atoms with van der Waals surface area (Å²) in [4.78, 5) is 38.5. The van der Waals surface area contributed by atoms with Crippen LogP contribution in [-0.2, 0) is 11.0 Å². The van der Waals surface area contributed by atoms with Gasteiger partial charge in [0.15, 0.2) is 0 Å². The van der Waals surface area contributed by atoms with Gasteiger partial charge in [0.2, 0.25) is 11.8 Å². The second kappa shape index (κ2) is 10.1. The number of hydrogen-bond donors (Lipinski definition) is 3. The molecule has 1 saturated heterocycles. The first-order chi connectivity index (χ1) is 17.1. The van der Waals surface area contributed by atoms with Gasteiger partial charge in [0.25, 0.3) is 0 Å². The van der Waals surface area contributed by atoms with Crippen molar-refractivity contribution in [1.29, 1.82) is 0 Å². The average molecular weight is 496 g/mol. The normalized spacial score (nSPS) is 15.9. The molecule has 1 aliphatic rings. The molecular formula is C26H23F3N4O3. The Morgan fingerprint density at radius 1 is 0.944 bits per heavy atom. The minimum Gasteiger partial charge on any atom is -0.366 e. The summed E-state index contributed by atoms with van der Waals surface area (Å²) < 4.78 is 38.1. The van der Waals surface area contributed by atoms with Gasteiger partial charge in [-0.1, -0.05) is 24.3 Å². The smallest absolute Gasteiger partial charge is 0.366 e. The summed E-state index contributed by atoms with van der Waals surface area (Å²) in [7, 11) is 0. The number of halogens is 3. The molecule has 4 rings (SSSR count). The van der Waals surface area contributed by atoms with Crippen molar-refractivity contribution >= 4 is 29.2 Å². The van der Waals surface area contributed by atoms with E-state index in [9.17, 15) is 27.6 Å². The molecule has 186 valence electrons. The van der Waals surface area contributed by atoms with Gasteiger partial charge in [-0.05, 0) is 72.5 Å². The Morgan fingerprint density at radius 2 is 1.64 bits per heavy atom. The second-order valence-electron chi connectivity index (χ2n) is 8.35. The Morgan fingerprint density at radius 3 is 2.28 bits per heavy atom. The average Bonchev–Trinajstić information content (AvgIpc) is 2.85. The van der Waals surface area contributed by atoms with E-state index < -0.39 is 29.7 Å². The van der Waals surface area contributed by atoms with Crippen molar-refractivity contribution in [3.63, 3.8) is 0 Å². The van der Waals surface area contributed by atoms with Crippen LogP contribution in [0.4, 0.5) is 29.3 Å². The van der Waals surface area contributed by atoms with Crippen LogP contribution in [0.25, 0.3) is 11.1 Å². The fourth-order valence-electron chi connectivity index (χ4n) is 4.02. The van der Waals surface area contributed by atoms with Crippen LogP contribution in [0.3, 0.4) is 0 Å². The van der Waals surface area contributed by atoms with E-state index >= 15 is 0 Å². The van der Waals surface area contributed by atoms with E-state index in [1.54, 1.807) is 35.2 Å². The van der Waals surface area contributed by atoms with Gasteiger partial charge in [-0.15, -0.1) is 0 Å². The Kier molecular flexibility index (Phi) is 6.96. The Labute approximate surface area is 205 Å². The van der Waals surface area contributed by atoms with Gasteiger partial charge in [-0.25, -0.2) is 4.79 Å². The van der Waals surface area contributed by atoms with Crippen molar-refractivity contribution in [1.82, 2.24) is 5.32 Å². The monoisotopic (exact) mass is 496 g/mol. The molecule has 4 N–H and O–H groups in total. The maximum absolute atomic E-state index is 13.1. The van der Waals surface area contributed by atoms with E-state index in [-0.39, 0.29) is 11.6 Å². The number of nitrogens with two attached hydrogens (primary N) is 1. The quantitative estimate of drug-likeness (QED) is 0.473. The molecule has 4 amide bonds. The van der Waals surface area contributed by atoms with Gasteiger partial charge in [0.05, 0.1) is 5.56 Å². The van der Waals surface area contributed by atoms with Crippen LogP contribution in [0.1, 0.15) is 28.8 Å². The molecule has 1 aliphatic heterocycles. The van der Waals surface area contributed by atoms with Crippen molar-refractivity contribution in [2.45, 2.75) is 25.1 Å². The molecule has 0 aromatic heterocycles. The summed E-state index contributed by atoms with van der Waals surface area (Å²) in [6, 6.07) is 16.7. The molecule has 0 radical (unpaired) electrons. The molecule has 0 aliphatic carbocycles. The molecule has 0 bridgehead atoms. The lowest BCUT2D eigenvalue weighted by molar-refractivity contribution is -0.137. The maximum Gasteiger partial charge on any atom is 0.416 e. The summed E-state index contributed by atoms with van der Waals surface area (Å²) in [6.07, 6.45) is -3.38. The number of nitrogens with one attached hydrogen (secondary N) is 2. The van der Waals surface area contributed by atoms with Crippen LogP contribution < -0.4 is 21.3 Å². The zero-order valence-electron chi connectivity index (χ0n) is 19.0. The lowest BCUT2D eigenvalue weighted by Crippen LogP contribution is -2.53. The third-order valence-electron chi connectivity index (χ3n) is 5.87. The molecule has 0 spiro atoms. The van der Waals surface area contributed by atoms with E-state index in [2.05, 4.69) is 10.6 Å². The number of hydrogen-bond acceptors (Lipinski definition) is 3. The largest absolute Gasteiger partial charge is 0.416 e. The number of nitrogens with zero attached hydrogens (tertiary/aromatic N) is 1. The molecule has 0 saturated carbocycles. The van der Waals surface area contributed by atoms with Crippen LogP contribution in [0.2, 0.25) is 0 Å². The molecule has 3 aromatic carbocycles. The van der Waals surface area contributed by atoms with Gasteiger partial charge in [0.1, 0.15) is 6.04 Å². The zero-order valence-corrected chi connectivity index (χ0v) is 19.0. The maximum atomic E-state index is 13.1. The third kappa shape index (κ3) is 5.65. The molecule has 1 fully saturated rings. The molecule has 1 atom stereocenters. The molecule has 36 heavy (non-hydrogen) atoms. The lowest BCUT2D eigenvalue weighted by Gasteiger charge is -2.32. The van der Waals surface area contributed by atoms with E-state index in [1.165, 1.54) is 0 Å². The van der Waals surface area contributed by atoms with Gasteiger partial charge in [-0.3, -0.25) is 9.59 Å². The molecule has 7 nitrogen and oxygen atoms in total. The van der Waals surface area contributed by atoms with Crippen LogP contribution >= 0.6 is 0 Å². The Bertz CT molecular complexity index is 1270. The summed E-state index contributed by atoms with van der Waals surface area (Å²) in [6.45, 7) is 0.480. The summed E-state index contributed by atoms with van der Waals surface area (Å²) in [5.74, 6) is -0.805. The number of carbonyl (C=O) groups excluding carboxylic acids is 3. The second-order valence-corrected chi connectivity index (χ2v) is 8.35. The third-order valence-corrected chi connectivity index (χ3v) is 5.87. The fraction of sp³-hybridized carbons (Fsp3) is 0.192. The number of piperidine rings is 1. The predicted molar refractivity (Wildman–Crippen MR) is 129 cm³/mol. The topological polar surface area (TPSA) is 105 Å². The Hall–Kier alpha value is -4.34. The Balaban J connectivity index is 1.40. The zero-order chi connectivity index (χ0) is 25.9. The van der Waals surface area contributed by atoms with Crippen molar-refractivity contribution in [3.8, 4) is 11.1 Å². The molecule has 1 heterocycles. The lowest BCUT2D eigenvalue weighted by atomic mass is 10.0. The van der Waals surface area contributed by atoms with Crippen LogP contribution in [0, 0.1) is 0 Å². The number of alkyl halides is 3. The van der Waals surface area contributed by atoms with Gasteiger partial charge >= 0.3 is 12.2 Å². The summed E-state index contributed by atoms with van der Waals surface area (Å²) >= 11 is 0. The van der Waals surface area contributed by atoms with Gasteiger partial charge < -0.3 is 21.3 Å². The van der Waals surface area contributed by atoms with E-state index in [0.717, 1.165) is 35.4 Å². The number of primary amides is 1. The number of amides is 4. The number of rotatable bonds is 5. The fourth-order valence-corrected chi connectivity index (χ4v) is 4.02. The predicted octanol–water partition coefficient (Wildman–Crippen LogP) is 4.79. The van der Waals surface area contributed by atoms with Gasteiger partial charge in [-0.2, -0.15) is 13.2 Å². The first-order valence-corrected chi connectivity index (χ1v) is 11.2. The number of anilines is 2. The van der Waals surface area contributed by atoms with Crippen LogP contribution in [0.15, 0.2) is 72.8 Å². The van der Waals surface area contributed by atoms with E-state index in [0.29, 0.717) is 30.6 Å². The standard InChI is InChI=1S/C26H23F3N4O3/c27-26(28,29)19-8-10-20(11-9-19)31-25(36)32-22-5-2-14-33(24(22)35)21-12-6-16(7-13-21)17-3-1-4-18(15-17)23(30)34/h1,3-4,6-13,15,22H,2,5,14H2,(H2,30,34)(H2,31,32,36). The van der Waals surface area contributed by atoms with E-state index in [4.69, 9.17) is 5.73 Å². The highest BCUT2D eigenvalue weighted by Crippen LogP contribution is 2.30.